The molecule has 1 spiro atoms. The predicted octanol–water partition coefficient (Wildman–Crippen LogP) is 0.851. The Morgan fingerprint density at radius 2 is 2.12 bits per heavy atom. The van der Waals surface area contributed by atoms with E-state index in [4.69, 9.17) is 9.47 Å². The molecule has 3 heterocycles. The maximum atomic E-state index is 11.9. The van der Waals surface area contributed by atoms with E-state index in [1.807, 2.05) is 13.0 Å². The average Bonchev–Trinajstić information content (AvgIpc) is 3.24. The second-order valence-electron chi connectivity index (χ2n) is 8.94. The lowest BCUT2D eigenvalue weighted by molar-refractivity contribution is -0.0152. The lowest BCUT2D eigenvalue weighted by atomic mass is 9.87. The molecular formula is C23H33N5O5S. The van der Waals surface area contributed by atoms with E-state index in [1.54, 1.807) is 18.3 Å². The Bertz CT molecular complexity index is 1070. The van der Waals surface area contributed by atoms with Gasteiger partial charge < -0.3 is 24.8 Å². The van der Waals surface area contributed by atoms with Crippen LogP contribution in [0.5, 0.6) is 5.75 Å². The molecule has 0 saturated carbocycles. The van der Waals surface area contributed by atoms with Crippen molar-refractivity contribution in [3.05, 3.63) is 42.2 Å². The van der Waals surface area contributed by atoms with Crippen LogP contribution in [0, 0.1) is 6.92 Å². The molecule has 0 aliphatic carbocycles. The first kappa shape index (κ1) is 24.8. The van der Waals surface area contributed by atoms with Gasteiger partial charge in [0.2, 0.25) is 16.0 Å². The highest BCUT2D eigenvalue weighted by Gasteiger charge is 2.43. The molecule has 34 heavy (non-hydrogen) atoms. The topological polar surface area (TPSA) is 126 Å². The van der Waals surface area contributed by atoms with E-state index >= 15 is 0 Å². The fourth-order valence-electron chi connectivity index (χ4n) is 4.43. The molecule has 2 aliphatic heterocycles. The predicted molar refractivity (Wildman–Crippen MR) is 127 cm³/mol. The third-order valence-electron chi connectivity index (χ3n) is 6.42. The molecular weight excluding hydrogens is 458 g/mol. The minimum absolute atomic E-state index is 0.0558. The molecule has 4 rings (SSSR count). The number of benzene rings is 1. The van der Waals surface area contributed by atoms with Gasteiger partial charge in [-0.3, -0.25) is 0 Å². The number of nitrogens with zero attached hydrogens (tertiary/aromatic N) is 3. The number of nitrogens with one attached hydrogen (secondary N) is 2. The van der Waals surface area contributed by atoms with Gasteiger partial charge in [-0.2, -0.15) is 0 Å². The number of piperidine rings is 1. The Morgan fingerprint density at radius 1 is 1.32 bits per heavy atom. The Labute approximate surface area is 200 Å². The van der Waals surface area contributed by atoms with Crippen LogP contribution in [0.15, 0.2) is 41.4 Å². The van der Waals surface area contributed by atoms with Gasteiger partial charge in [0, 0.05) is 43.6 Å². The van der Waals surface area contributed by atoms with E-state index in [-0.39, 0.29) is 23.1 Å². The number of hydrogen-bond acceptors (Lipinski definition) is 9. The van der Waals surface area contributed by atoms with Gasteiger partial charge in [0.25, 0.3) is 0 Å². The van der Waals surface area contributed by atoms with E-state index in [2.05, 4.69) is 24.9 Å². The van der Waals surface area contributed by atoms with Gasteiger partial charge in [0.1, 0.15) is 18.5 Å². The van der Waals surface area contributed by atoms with Crippen molar-refractivity contribution < 1.29 is 23.0 Å². The Morgan fingerprint density at radius 3 is 2.85 bits per heavy atom. The van der Waals surface area contributed by atoms with Crippen molar-refractivity contribution in [2.75, 3.05) is 44.8 Å². The molecule has 2 saturated heterocycles. The summed E-state index contributed by atoms with van der Waals surface area (Å²) in [6.07, 6.45) is 3.79. The van der Waals surface area contributed by atoms with E-state index in [0.29, 0.717) is 18.9 Å². The quantitative estimate of drug-likeness (QED) is 0.468. The molecule has 2 fully saturated rings. The zero-order valence-corrected chi connectivity index (χ0v) is 20.4. The van der Waals surface area contributed by atoms with Crippen LogP contribution in [0.25, 0.3) is 0 Å². The first-order valence-electron chi connectivity index (χ1n) is 11.5. The molecule has 186 valence electrons. The van der Waals surface area contributed by atoms with Crippen LogP contribution < -0.4 is 19.7 Å². The first-order chi connectivity index (χ1) is 16.3. The standard InChI is InChI=1S/C23H33N5O5S/c1-17-6-9-25-22(27-17)28-10-7-23(8-11-28)13-18(15-33-23)26-14-19(29)16-32-20-4-3-5-21(12-20)34(30,31)24-2/h3-6,9,12,18-19,24,26,29H,7-8,10-11,13-16H2,1-2H3/t18-,19+/m1/s1. The SMILES string of the molecule is CNS(=O)(=O)c1cccc(OC[C@@H](O)CN[C@H]2COC3(CCN(c4nccc(C)n4)CC3)C2)c1. The van der Waals surface area contributed by atoms with Gasteiger partial charge in [-0.1, -0.05) is 6.07 Å². The Balaban J connectivity index is 1.20. The van der Waals surface area contributed by atoms with Crippen molar-refractivity contribution in [1.82, 2.24) is 20.0 Å². The number of hydrogen-bond donors (Lipinski definition) is 3. The highest BCUT2D eigenvalue weighted by Crippen LogP contribution is 2.36. The molecule has 0 bridgehead atoms. The molecule has 0 amide bonds. The van der Waals surface area contributed by atoms with Crippen LogP contribution in [0.4, 0.5) is 5.95 Å². The van der Waals surface area contributed by atoms with Crippen molar-refractivity contribution in [2.45, 2.75) is 48.8 Å². The van der Waals surface area contributed by atoms with Gasteiger partial charge in [-0.15, -0.1) is 0 Å². The van der Waals surface area contributed by atoms with Crippen LogP contribution >= 0.6 is 0 Å². The summed E-state index contributed by atoms with van der Waals surface area (Å²) in [4.78, 5) is 11.2. The van der Waals surface area contributed by atoms with Crippen molar-refractivity contribution >= 4 is 16.0 Å². The number of anilines is 1. The maximum absolute atomic E-state index is 11.9. The zero-order valence-electron chi connectivity index (χ0n) is 19.6. The number of aliphatic hydroxyl groups excluding tert-OH is 1. The van der Waals surface area contributed by atoms with Gasteiger partial charge in [0.15, 0.2) is 0 Å². The normalized spacial score (nSPS) is 21.0. The number of aromatic nitrogens is 2. The molecule has 1 aromatic heterocycles. The number of aliphatic hydroxyl groups is 1. The highest BCUT2D eigenvalue weighted by molar-refractivity contribution is 7.89. The monoisotopic (exact) mass is 491 g/mol. The number of sulfonamides is 1. The molecule has 3 N–H and O–H groups in total. The van der Waals surface area contributed by atoms with Gasteiger partial charge >= 0.3 is 0 Å². The van der Waals surface area contributed by atoms with E-state index in [1.165, 1.54) is 19.2 Å². The summed E-state index contributed by atoms with van der Waals surface area (Å²) >= 11 is 0. The molecule has 0 unspecified atom stereocenters. The van der Waals surface area contributed by atoms with Crippen molar-refractivity contribution in [1.29, 1.82) is 0 Å². The summed E-state index contributed by atoms with van der Waals surface area (Å²) in [5, 5.41) is 13.7. The van der Waals surface area contributed by atoms with E-state index in [9.17, 15) is 13.5 Å². The molecule has 11 heteroatoms. The average molecular weight is 492 g/mol. The van der Waals surface area contributed by atoms with Crippen LogP contribution in [0.3, 0.4) is 0 Å². The molecule has 2 aliphatic rings. The summed E-state index contributed by atoms with van der Waals surface area (Å²) < 4.78 is 37.9. The second-order valence-corrected chi connectivity index (χ2v) is 10.8. The molecule has 1 aromatic carbocycles. The van der Waals surface area contributed by atoms with Crippen molar-refractivity contribution in [3.8, 4) is 5.75 Å². The van der Waals surface area contributed by atoms with Gasteiger partial charge in [-0.05, 0) is 51.4 Å². The first-order valence-corrected chi connectivity index (χ1v) is 13.0. The zero-order chi connectivity index (χ0) is 24.2. The molecule has 10 nitrogen and oxygen atoms in total. The summed E-state index contributed by atoms with van der Waals surface area (Å²) in [6, 6.07) is 8.27. The van der Waals surface area contributed by atoms with Crippen molar-refractivity contribution in [3.63, 3.8) is 0 Å². The van der Waals surface area contributed by atoms with E-state index in [0.717, 1.165) is 44.0 Å². The lowest BCUT2D eigenvalue weighted by Crippen LogP contribution is -2.45. The molecule has 2 aromatic rings. The third kappa shape index (κ3) is 6.02. The highest BCUT2D eigenvalue weighted by atomic mass is 32.2. The van der Waals surface area contributed by atoms with Crippen LogP contribution in [-0.2, 0) is 14.8 Å². The summed E-state index contributed by atoms with van der Waals surface area (Å²) in [7, 11) is -2.19. The summed E-state index contributed by atoms with van der Waals surface area (Å²) in [5.41, 5.74) is 0.823. The number of rotatable bonds is 9. The number of aryl methyl sites for hydroxylation is 1. The summed E-state index contributed by atoms with van der Waals surface area (Å²) in [5.74, 6) is 1.17. The smallest absolute Gasteiger partial charge is 0.240 e. The molecule has 2 atom stereocenters. The van der Waals surface area contributed by atoms with Gasteiger partial charge in [0.05, 0.1) is 17.1 Å². The number of ether oxygens (including phenoxy) is 2. The summed E-state index contributed by atoms with van der Waals surface area (Å²) in [6.45, 7) is 4.71. The van der Waals surface area contributed by atoms with Crippen LogP contribution in [-0.4, -0.2) is 81.1 Å². The van der Waals surface area contributed by atoms with Crippen LogP contribution in [0.1, 0.15) is 25.0 Å². The maximum Gasteiger partial charge on any atom is 0.240 e. The Hall–Kier alpha value is -2.31. The molecule has 0 radical (unpaired) electrons. The lowest BCUT2D eigenvalue weighted by Gasteiger charge is -2.38. The third-order valence-corrected chi connectivity index (χ3v) is 7.83. The van der Waals surface area contributed by atoms with Crippen LogP contribution in [0.2, 0.25) is 0 Å². The minimum Gasteiger partial charge on any atom is -0.491 e. The van der Waals surface area contributed by atoms with E-state index < -0.39 is 16.1 Å². The second kappa shape index (κ2) is 10.5. The van der Waals surface area contributed by atoms with Gasteiger partial charge in [-0.25, -0.2) is 23.1 Å². The largest absolute Gasteiger partial charge is 0.491 e. The Kier molecular flexibility index (Phi) is 7.68. The van der Waals surface area contributed by atoms with Crippen molar-refractivity contribution in [2.24, 2.45) is 0 Å². The fraction of sp³-hybridized carbons (Fsp3) is 0.565. The minimum atomic E-state index is -3.54. The fourth-order valence-corrected chi connectivity index (χ4v) is 5.19.